The van der Waals surface area contributed by atoms with E-state index in [0.717, 1.165) is 16.0 Å². The average molecular weight is 365 g/mol. The van der Waals surface area contributed by atoms with Gasteiger partial charge in [0.15, 0.2) is 0 Å². The van der Waals surface area contributed by atoms with Gasteiger partial charge in [-0.15, -0.1) is 11.8 Å². The third-order valence-corrected chi connectivity index (χ3v) is 4.93. The van der Waals surface area contributed by atoms with E-state index in [9.17, 15) is 0 Å². The Labute approximate surface area is 139 Å². The molecule has 0 amide bonds. The molecule has 1 aromatic carbocycles. The van der Waals surface area contributed by atoms with E-state index in [2.05, 4.69) is 77.3 Å². The summed E-state index contributed by atoms with van der Waals surface area (Å²) in [7, 11) is 0. The fourth-order valence-electron chi connectivity index (χ4n) is 2.24. The van der Waals surface area contributed by atoms with Gasteiger partial charge >= 0.3 is 0 Å². The van der Waals surface area contributed by atoms with E-state index < -0.39 is 0 Å². The van der Waals surface area contributed by atoms with Crippen molar-refractivity contribution >= 4 is 27.7 Å². The zero-order chi connectivity index (χ0) is 15.2. The summed E-state index contributed by atoms with van der Waals surface area (Å²) in [6.07, 6.45) is 1.85. The fraction of sp³-hybridized carbons (Fsp3) is 0.353. The molecule has 4 heteroatoms. The van der Waals surface area contributed by atoms with Crippen LogP contribution in [0.5, 0.6) is 0 Å². The molecule has 2 rings (SSSR count). The lowest BCUT2D eigenvalue weighted by atomic mass is 10.0. The van der Waals surface area contributed by atoms with Crippen LogP contribution in [0.25, 0.3) is 0 Å². The second-order valence-electron chi connectivity index (χ2n) is 5.08. The lowest BCUT2D eigenvalue weighted by Gasteiger charge is -2.24. The van der Waals surface area contributed by atoms with Gasteiger partial charge in [-0.2, -0.15) is 0 Å². The van der Waals surface area contributed by atoms with E-state index in [1.165, 1.54) is 11.1 Å². The van der Waals surface area contributed by atoms with Crippen molar-refractivity contribution in [2.45, 2.75) is 37.1 Å². The van der Waals surface area contributed by atoms with Crippen LogP contribution in [0, 0.1) is 6.92 Å². The van der Waals surface area contributed by atoms with Gasteiger partial charge in [0.25, 0.3) is 0 Å². The number of aryl methyl sites for hydroxylation is 1. The molecule has 21 heavy (non-hydrogen) atoms. The first kappa shape index (κ1) is 16.5. The molecule has 1 heterocycles. The first-order valence-electron chi connectivity index (χ1n) is 7.18. The van der Waals surface area contributed by atoms with Crippen molar-refractivity contribution in [3.63, 3.8) is 0 Å². The Bertz CT molecular complexity index is 554. The molecule has 0 bridgehead atoms. The zero-order valence-corrected chi connectivity index (χ0v) is 15.0. The second kappa shape index (κ2) is 7.97. The van der Waals surface area contributed by atoms with Crippen LogP contribution in [0.4, 0.5) is 0 Å². The van der Waals surface area contributed by atoms with E-state index in [1.807, 2.05) is 12.3 Å². The lowest BCUT2D eigenvalue weighted by Crippen LogP contribution is -2.28. The van der Waals surface area contributed by atoms with E-state index in [1.54, 1.807) is 11.8 Å². The smallest absolute Gasteiger partial charge is 0.0963 e. The molecule has 1 aromatic heterocycles. The number of hydrogen-bond acceptors (Lipinski definition) is 3. The minimum atomic E-state index is 0.325. The molecule has 0 radical (unpaired) electrons. The highest BCUT2D eigenvalue weighted by Gasteiger charge is 2.19. The van der Waals surface area contributed by atoms with Crippen LogP contribution in [-0.2, 0) is 0 Å². The molecule has 1 N–H and O–H groups in total. The minimum absolute atomic E-state index is 0.325. The maximum Gasteiger partial charge on any atom is 0.0963 e. The molecule has 0 spiro atoms. The lowest BCUT2D eigenvalue weighted by molar-refractivity contribution is 0.547. The largest absolute Gasteiger partial charge is 0.309 e. The monoisotopic (exact) mass is 364 g/mol. The number of nitrogens with one attached hydrogen (secondary N) is 1. The minimum Gasteiger partial charge on any atom is -0.309 e. The summed E-state index contributed by atoms with van der Waals surface area (Å²) in [6.45, 7) is 7.48. The number of rotatable bonds is 6. The summed E-state index contributed by atoms with van der Waals surface area (Å²) in [5.74, 6) is 0. The molecular weight excluding hydrogens is 344 g/mol. The Morgan fingerprint density at radius 2 is 1.90 bits per heavy atom. The summed E-state index contributed by atoms with van der Waals surface area (Å²) >= 11 is 5.23. The first-order chi connectivity index (χ1) is 10.1. The van der Waals surface area contributed by atoms with Gasteiger partial charge in [-0.1, -0.05) is 43.7 Å². The highest BCUT2D eigenvalue weighted by Crippen LogP contribution is 2.31. The van der Waals surface area contributed by atoms with Crippen LogP contribution in [0.15, 0.2) is 52.1 Å². The molecule has 0 aliphatic carbocycles. The van der Waals surface area contributed by atoms with Crippen LogP contribution in [-0.4, -0.2) is 16.8 Å². The third kappa shape index (κ3) is 4.83. The van der Waals surface area contributed by atoms with Gasteiger partial charge in [0.05, 0.1) is 5.03 Å². The maximum atomic E-state index is 4.46. The van der Waals surface area contributed by atoms with Gasteiger partial charge in [0.2, 0.25) is 0 Å². The Morgan fingerprint density at radius 3 is 2.48 bits per heavy atom. The van der Waals surface area contributed by atoms with Gasteiger partial charge in [-0.05, 0) is 47.1 Å². The molecule has 0 saturated carbocycles. The molecule has 112 valence electrons. The van der Waals surface area contributed by atoms with Crippen molar-refractivity contribution in [1.29, 1.82) is 0 Å². The summed E-state index contributed by atoms with van der Waals surface area (Å²) < 4.78 is 1.02. The van der Waals surface area contributed by atoms with Crippen molar-refractivity contribution in [3.05, 3.63) is 58.2 Å². The number of halogens is 1. The summed E-state index contributed by atoms with van der Waals surface area (Å²) in [5.41, 5.74) is 2.63. The van der Waals surface area contributed by atoms with E-state index in [0.29, 0.717) is 11.3 Å². The molecular formula is C17H21BrN2S. The van der Waals surface area contributed by atoms with Crippen molar-refractivity contribution in [2.75, 3.05) is 6.54 Å². The molecule has 2 aromatic rings. The molecule has 2 atom stereocenters. The van der Waals surface area contributed by atoms with Crippen molar-refractivity contribution < 1.29 is 0 Å². The van der Waals surface area contributed by atoms with Crippen LogP contribution in [0.3, 0.4) is 0 Å². The number of thioether (sulfide) groups is 1. The van der Waals surface area contributed by atoms with Gasteiger partial charge in [-0.3, -0.25) is 0 Å². The highest BCUT2D eigenvalue weighted by molar-refractivity contribution is 9.10. The summed E-state index contributed by atoms with van der Waals surface area (Å²) in [5, 5.41) is 5.05. The zero-order valence-electron chi connectivity index (χ0n) is 12.6. The molecule has 0 aliphatic rings. The fourth-order valence-corrected chi connectivity index (χ4v) is 3.50. The predicted molar refractivity (Wildman–Crippen MR) is 94.9 cm³/mol. The summed E-state index contributed by atoms with van der Waals surface area (Å²) in [4.78, 5) is 4.46. The van der Waals surface area contributed by atoms with Crippen LogP contribution < -0.4 is 5.32 Å². The standard InChI is InChI=1S/C17H21BrN2S/c1-4-19-17(14-7-5-12(2)6-8-14)13(3)21-16-10-9-15(18)11-20-16/h5-11,13,17,19H,4H2,1-3H3. The topological polar surface area (TPSA) is 24.9 Å². The SMILES string of the molecule is CCNC(c1ccc(C)cc1)C(C)Sc1ccc(Br)cn1. The number of nitrogens with zero attached hydrogens (tertiary/aromatic N) is 1. The van der Waals surface area contributed by atoms with Crippen LogP contribution in [0.1, 0.15) is 31.0 Å². The number of benzene rings is 1. The van der Waals surface area contributed by atoms with Crippen molar-refractivity contribution in [1.82, 2.24) is 10.3 Å². The van der Waals surface area contributed by atoms with E-state index in [-0.39, 0.29) is 0 Å². The number of aromatic nitrogens is 1. The normalized spacial score (nSPS) is 13.9. The first-order valence-corrected chi connectivity index (χ1v) is 8.85. The molecule has 0 saturated heterocycles. The van der Waals surface area contributed by atoms with Gasteiger partial charge in [-0.25, -0.2) is 4.98 Å². The van der Waals surface area contributed by atoms with Crippen molar-refractivity contribution in [2.24, 2.45) is 0 Å². The predicted octanol–water partition coefficient (Wildman–Crippen LogP) is 4.98. The van der Waals surface area contributed by atoms with E-state index >= 15 is 0 Å². The molecule has 2 unspecified atom stereocenters. The highest BCUT2D eigenvalue weighted by atomic mass is 79.9. The summed E-state index contributed by atoms with van der Waals surface area (Å²) in [6, 6.07) is 13.2. The van der Waals surface area contributed by atoms with E-state index in [4.69, 9.17) is 0 Å². The Balaban J connectivity index is 2.13. The van der Waals surface area contributed by atoms with Crippen molar-refractivity contribution in [3.8, 4) is 0 Å². The molecule has 0 fully saturated rings. The van der Waals surface area contributed by atoms with Gasteiger partial charge < -0.3 is 5.32 Å². The van der Waals surface area contributed by atoms with Crippen LogP contribution in [0.2, 0.25) is 0 Å². The molecule has 2 nitrogen and oxygen atoms in total. The van der Waals surface area contributed by atoms with Crippen LogP contribution >= 0.6 is 27.7 Å². The van der Waals surface area contributed by atoms with Gasteiger partial charge in [0.1, 0.15) is 0 Å². The Hall–Kier alpha value is -0.840. The maximum absolute atomic E-state index is 4.46. The average Bonchev–Trinajstić information content (AvgIpc) is 2.48. The Morgan fingerprint density at radius 1 is 1.19 bits per heavy atom. The quantitative estimate of drug-likeness (QED) is 0.731. The molecule has 0 aliphatic heterocycles. The third-order valence-electron chi connectivity index (χ3n) is 3.34. The number of pyridine rings is 1. The van der Waals surface area contributed by atoms with Gasteiger partial charge in [0, 0.05) is 22.0 Å². The second-order valence-corrected chi connectivity index (χ2v) is 7.40. The Kier molecular flexibility index (Phi) is 6.27. The number of hydrogen-bond donors (Lipinski definition) is 1.